The van der Waals surface area contributed by atoms with E-state index in [-0.39, 0.29) is 6.54 Å². The second-order valence-corrected chi connectivity index (χ2v) is 6.56. The Morgan fingerprint density at radius 1 is 1.31 bits per heavy atom. The van der Waals surface area contributed by atoms with Crippen LogP contribution in [-0.4, -0.2) is 29.9 Å². The molecule has 26 heavy (non-hydrogen) atoms. The van der Waals surface area contributed by atoms with Gasteiger partial charge in [0.15, 0.2) is 11.6 Å². The van der Waals surface area contributed by atoms with Crippen LogP contribution in [-0.2, 0) is 13.1 Å². The molecule has 11 heteroatoms. The fourth-order valence-electron chi connectivity index (χ4n) is 2.47. The van der Waals surface area contributed by atoms with Gasteiger partial charge in [-0.05, 0) is 6.07 Å². The van der Waals surface area contributed by atoms with Gasteiger partial charge in [0.2, 0.25) is 0 Å². The first-order valence-corrected chi connectivity index (χ1v) is 8.47. The van der Waals surface area contributed by atoms with Crippen LogP contribution >= 0.6 is 11.3 Å². The predicted molar refractivity (Wildman–Crippen MR) is 98.0 cm³/mol. The van der Waals surface area contributed by atoms with Crippen molar-refractivity contribution in [2.75, 3.05) is 10.7 Å². The highest BCUT2D eigenvalue weighted by atomic mass is 32.1. The van der Waals surface area contributed by atoms with Gasteiger partial charge >= 0.3 is 0 Å². The van der Waals surface area contributed by atoms with Crippen molar-refractivity contribution >= 4 is 33.2 Å². The highest BCUT2D eigenvalue weighted by molar-refractivity contribution is 7.19. The fourth-order valence-corrected chi connectivity index (χ4v) is 3.39. The van der Waals surface area contributed by atoms with Gasteiger partial charge in [-0.1, -0.05) is 0 Å². The van der Waals surface area contributed by atoms with Gasteiger partial charge in [0, 0.05) is 16.6 Å². The highest BCUT2D eigenvalue weighted by Gasteiger charge is 2.11. The van der Waals surface area contributed by atoms with Crippen LogP contribution < -0.4 is 16.6 Å². The van der Waals surface area contributed by atoms with Crippen LogP contribution in [0, 0.1) is 11.3 Å². The number of hydrogen-bond acceptors (Lipinski definition) is 9. The number of H-pyrrole nitrogens is 1. The molecule has 0 aromatic carbocycles. The number of aromatic amines is 1. The molecule has 4 aromatic heterocycles. The molecular weight excluding hydrogens is 352 g/mol. The summed E-state index contributed by atoms with van der Waals surface area (Å²) in [5.74, 6) is 6.52. The van der Waals surface area contributed by atoms with Gasteiger partial charge in [-0.2, -0.15) is 15.5 Å². The summed E-state index contributed by atoms with van der Waals surface area (Å²) in [7, 11) is 0. The zero-order valence-corrected chi connectivity index (χ0v) is 14.3. The maximum absolute atomic E-state index is 8.75. The number of aromatic nitrogens is 6. The first kappa shape index (κ1) is 16.0. The summed E-state index contributed by atoms with van der Waals surface area (Å²) < 4.78 is 2.64. The number of rotatable bonds is 6. The van der Waals surface area contributed by atoms with Crippen LogP contribution in [0.4, 0.5) is 11.6 Å². The topological polar surface area (TPSA) is 146 Å². The quantitative estimate of drug-likeness (QED) is 0.298. The molecule has 0 aliphatic carbocycles. The van der Waals surface area contributed by atoms with E-state index in [1.807, 2.05) is 12.1 Å². The minimum Gasteiger partial charge on any atom is -0.362 e. The van der Waals surface area contributed by atoms with E-state index in [1.165, 1.54) is 0 Å². The molecule has 0 radical (unpaired) electrons. The summed E-state index contributed by atoms with van der Waals surface area (Å²) in [6.07, 6.45) is 6.81. The maximum Gasteiger partial charge on any atom is 0.183 e. The SMILES string of the molecule is N#CCn1cc(-c2cnc(NN)c(NCc3cc4[nH]ncc4s3)n2)cn1. The van der Waals surface area contributed by atoms with Crippen LogP contribution in [0.15, 0.2) is 30.9 Å². The molecular formula is C15H14N10S. The Bertz CT molecular complexity index is 1060. The molecule has 0 atom stereocenters. The summed E-state index contributed by atoms with van der Waals surface area (Å²) >= 11 is 1.65. The van der Waals surface area contributed by atoms with Crippen molar-refractivity contribution < 1.29 is 0 Å². The average Bonchev–Trinajstić information content (AvgIpc) is 3.36. The van der Waals surface area contributed by atoms with Gasteiger partial charge in [-0.25, -0.2) is 15.8 Å². The Hall–Kier alpha value is -3.49. The molecule has 0 aliphatic rings. The molecule has 4 rings (SSSR count). The summed E-state index contributed by atoms with van der Waals surface area (Å²) in [5, 5.41) is 23.1. The number of nitrogens with two attached hydrogens (primary N) is 1. The zero-order chi connectivity index (χ0) is 17.9. The molecule has 0 saturated heterocycles. The Kier molecular flexibility index (Phi) is 4.18. The van der Waals surface area contributed by atoms with E-state index in [1.54, 1.807) is 40.8 Å². The number of hydrazine groups is 1. The number of nitriles is 1. The lowest BCUT2D eigenvalue weighted by molar-refractivity contribution is 0.710. The molecule has 5 N–H and O–H groups in total. The molecule has 0 spiro atoms. The van der Waals surface area contributed by atoms with Gasteiger partial charge in [0.05, 0.1) is 47.1 Å². The Balaban J connectivity index is 1.57. The van der Waals surface area contributed by atoms with E-state index in [9.17, 15) is 0 Å². The minimum absolute atomic E-state index is 0.182. The van der Waals surface area contributed by atoms with Crippen molar-refractivity contribution in [2.45, 2.75) is 13.1 Å². The highest BCUT2D eigenvalue weighted by Crippen LogP contribution is 2.26. The van der Waals surface area contributed by atoms with E-state index < -0.39 is 0 Å². The molecule has 0 fully saturated rings. The standard InChI is InChI=1S/C15H14N10S/c16-1-2-25-8-9(4-21-25)12-6-19-15(23-17)14(22-12)18-5-10-3-11-13(26-10)7-20-24-11/h3-4,6-8H,2,5,17H2,(H,18,22)(H,19,23)(H,20,24). The molecule has 0 aliphatic heterocycles. The van der Waals surface area contributed by atoms with Crippen LogP contribution in [0.25, 0.3) is 21.5 Å². The third kappa shape index (κ3) is 3.06. The molecule has 0 unspecified atom stereocenters. The van der Waals surface area contributed by atoms with E-state index >= 15 is 0 Å². The second kappa shape index (κ2) is 6.79. The zero-order valence-electron chi connectivity index (χ0n) is 13.5. The predicted octanol–water partition coefficient (Wildman–Crippen LogP) is 1.70. The van der Waals surface area contributed by atoms with Gasteiger partial charge in [0.1, 0.15) is 6.54 Å². The normalized spacial score (nSPS) is 10.8. The first-order valence-electron chi connectivity index (χ1n) is 7.66. The summed E-state index contributed by atoms with van der Waals surface area (Å²) in [5.41, 5.74) is 4.96. The summed E-state index contributed by atoms with van der Waals surface area (Å²) in [6.45, 7) is 0.759. The Labute approximate surface area is 151 Å². The number of nitrogen functional groups attached to an aromatic ring is 1. The van der Waals surface area contributed by atoms with Gasteiger partial charge in [0.25, 0.3) is 0 Å². The molecule has 0 amide bonds. The first-order chi connectivity index (χ1) is 12.8. The third-order valence-electron chi connectivity index (χ3n) is 3.68. The number of anilines is 2. The lowest BCUT2D eigenvalue weighted by Crippen LogP contribution is -2.13. The molecule has 0 saturated carbocycles. The lowest BCUT2D eigenvalue weighted by Gasteiger charge is -2.10. The summed E-state index contributed by atoms with van der Waals surface area (Å²) in [4.78, 5) is 10.0. The maximum atomic E-state index is 8.75. The minimum atomic E-state index is 0.182. The summed E-state index contributed by atoms with van der Waals surface area (Å²) in [6, 6.07) is 4.09. The molecule has 130 valence electrons. The molecule has 0 bridgehead atoms. The molecule has 4 heterocycles. The Morgan fingerprint density at radius 2 is 2.23 bits per heavy atom. The van der Waals surface area contributed by atoms with Crippen molar-refractivity contribution in [3.63, 3.8) is 0 Å². The second-order valence-electron chi connectivity index (χ2n) is 5.40. The lowest BCUT2D eigenvalue weighted by atomic mass is 10.2. The van der Waals surface area contributed by atoms with Gasteiger partial charge in [-0.3, -0.25) is 9.78 Å². The largest absolute Gasteiger partial charge is 0.362 e. The van der Waals surface area contributed by atoms with E-state index in [2.05, 4.69) is 36.0 Å². The van der Waals surface area contributed by atoms with Crippen LogP contribution in [0.1, 0.15) is 4.88 Å². The average molecular weight is 366 g/mol. The third-order valence-corrected chi connectivity index (χ3v) is 4.75. The number of thiophene rings is 1. The van der Waals surface area contributed by atoms with Gasteiger partial charge in [-0.15, -0.1) is 11.3 Å². The van der Waals surface area contributed by atoms with Gasteiger partial charge < -0.3 is 10.7 Å². The smallest absolute Gasteiger partial charge is 0.183 e. The molecule has 4 aromatic rings. The number of nitrogens with zero attached hydrogens (tertiary/aromatic N) is 6. The van der Waals surface area contributed by atoms with E-state index in [0.717, 1.165) is 20.7 Å². The van der Waals surface area contributed by atoms with Crippen LogP contribution in [0.2, 0.25) is 0 Å². The van der Waals surface area contributed by atoms with E-state index in [4.69, 9.17) is 11.1 Å². The van der Waals surface area contributed by atoms with Crippen molar-refractivity contribution in [1.82, 2.24) is 29.9 Å². The van der Waals surface area contributed by atoms with Crippen LogP contribution in [0.5, 0.6) is 0 Å². The number of nitrogens with one attached hydrogen (secondary N) is 3. The van der Waals surface area contributed by atoms with E-state index in [0.29, 0.717) is 23.9 Å². The van der Waals surface area contributed by atoms with Crippen LogP contribution in [0.3, 0.4) is 0 Å². The Morgan fingerprint density at radius 3 is 3.04 bits per heavy atom. The monoisotopic (exact) mass is 366 g/mol. The van der Waals surface area contributed by atoms with Crippen molar-refractivity contribution in [1.29, 1.82) is 5.26 Å². The number of hydrogen-bond donors (Lipinski definition) is 4. The van der Waals surface area contributed by atoms with Crippen molar-refractivity contribution in [2.24, 2.45) is 5.84 Å². The van der Waals surface area contributed by atoms with Crippen molar-refractivity contribution in [3.8, 4) is 17.3 Å². The number of fused-ring (bicyclic) bond motifs is 1. The molecule has 10 nitrogen and oxygen atoms in total. The van der Waals surface area contributed by atoms with Crippen molar-refractivity contribution in [3.05, 3.63) is 35.7 Å². The fraction of sp³-hybridized carbons (Fsp3) is 0.133.